The van der Waals surface area contributed by atoms with Crippen molar-refractivity contribution in [3.8, 4) is 34.0 Å². The van der Waals surface area contributed by atoms with Crippen LogP contribution in [0.3, 0.4) is 0 Å². The van der Waals surface area contributed by atoms with E-state index in [2.05, 4.69) is 15.5 Å². The summed E-state index contributed by atoms with van der Waals surface area (Å²) in [5, 5.41) is 17.0. The Morgan fingerprint density at radius 1 is 1.00 bits per heavy atom. The molecular weight excluding hydrogens is 508 g/mol. The van der Waals surface area contributed by atoms with Crippen molar-refractivity contribution in [3.63, 3.8) is 0 Å². The van der Waals surface area contributed by atoms with E-state index in [0.717, 1.165) is 28.1 Å². The minimum absolute atomic E-state index is 0.0306. The first-order chi connectivity index (χ1) is 17.9. The van der Waals surface area contributed by atoms with Crippen molar-refractivity contribution in [1.29, 1.82) is 0 Å². The summed E-state index contributed by atoms with van der Waals surface area (Å²) >= 11 is 1.46. The van der Waals surface area contributed by atoms with Gasteiger partial charge in [0.15, 0.2) is 0 Å². The fraction of sp³-hybridized carbons (Fsp3) is 0.0385. The van der Waals surface area contributed by atoms with Gasteiger partial charge in [0, 0.05) is 28.3 Å². The van der Waals surface area contributed by atoms with Crippen LogP contribution in [0.15, 0.2) is 100 Å². The number of sulfonamides is 1. The monoisotopic (exact) mass is 530 g/mol. The van der Waals surface area contributed by atoms with E-state index in [1.54, 1.807) is 30.1 Å². The molecule has 0 fully saturated rings. The number of thiazole rings is 1. The maximum Gasteiger partial charge on any atom is 0.238 e. The lowest BCUT2D eigenvalue weighted by Gasteiger charge is -2.03. The largest absolute Gasteiger partial charge is 0.497 e. The molecule has 0 atom stereocenters. The van der Waals surface area contributed by atoms with Crippen molar-refractivity contribution in [1.82, 2.24) is 14.8 Å². The Balaban J connectivity index is 1.44. The second-order valence-corrected chi connectivity index (χ2v) is 10.3. The molecule has 0 aliphatic carbocycles. The van der Waals surface area contributed by atoms with Crippen molar-refractivity contribution in [3.05, 3.63) is 96.0 Å². The molecule has 0 saturated heterocycles. The molecule has 186 valence electrons. The highest BCUT2D eigenvalue weighted by Gasteiger charge is 2.13. The van der Waals surface area contributed by atoms with Gasteiger partial charge in [-0.2, -0.15) is 10.2 Å². The molecule has 5 rings (SSSR count). The Labute approximate surface area is 217 Å². The van der Waals surface area contributed by atoms with Crippen molar-refractivity contribution < 1.29 is 13.2 Å². The Morgan fingerprint density at radius 3 is 2.41 bits per heavy atom. The minimum Gasteiger partial charge on any atom is -0.497 e. The minimum atomic E-state index is -3.78. The molecule has 0 radical (unpaired) electrons. The number of aromatic nitrogens is 3. The van der Waals surface area contributed by atoms with Gasteiger partial charge >= 0.3 is 0 Å². The van der Waals surface area contributed by atoms with Gasteiger partial charge in [0.05, 0.1) is 29.6 Å². The molecular formula is C26H22N6O3S2. The van der Waals surface area contributed by atoms with E-state index in [4.69, 9.17) is 15.0 Å². The summed E-state index contributed by atoms with van der Waals surface area (Å²) in [5.41, 5.74) is 7.86. The quantitative estimate of drug-likeness (QED) is 0.220. The van der Waals surface area contributed by atoms with Crippen LogP contribution < -0.4 is 15.3 Å². The normalized spacial score (nSPS) is 11.6. The lowest BCUT2D eigenvalue weighted by Crippen LogP contribution is -2.12. The van der Waals surface area contributed by atoms with E-state index >= 15 is 0 Å². The van der Waals surface area contributed by atoms with Crippen LogP contribution in [0.2, 0.25) is 0 Å². The van der Waals surface area contributed by atoms with Gasteiger partial charge < -0.3 is 4.74 Å². The number of benzene rings is 3. The second-order valence-electron chi connectivity index (χ2n) is 7.92. The Kier molecular flexibility index (Phi) is 6.82. The summed E-state index contributed by atoms with van der Waals surface area (Å²) in [7, 11) is -2.17. The number of ether oxygens (including phenoxy) is 1. The zero-order chi connectivity index (χ0) is 25.8. The van der Waals surface area contributed by atoms with Crippen LogP contribution in [-0.2, 0) is 10.0 Å². The number of hydrogen-bond donors (Lipinski definition) is 2. The number of hydrogen-bond acceptors (Lipinski definition) is 8. The summed E-state index contributed by atoms with van der Waals surface area (Å²) < 4.78 is 30.1. The van der Waals surface area contributed by atoms with Crippen molar-refractivity contribution in [2.75, 3.05) is 12.5 Å². The third-order valence-corrected chi connectivity index (χ3v) is 7.15. The Morgan fingerprint density at radius 2 is 1.73 bits per heavy atom. The zero-order valence-corrected chi connectivity index (χ0v) is 21.3. The van der Waals surface area contributed by atoms with Crippen LogP contribution in [0.4, 0.5) is 5.13 Å². The number of nitrogens with zero attached hydrogens (tertiary/aromatic N) is 4. The molecule has 11 heteroatoms. The predicted molar refractivity (Wildman–Crippen MR) is 146 cm³/mol. The number of rotatable bonds is 8. The first kappa shape index (κ1) is 24.4. The summed E-state index contributed by atoms with van der Waals surface area (Å²) in [4.78, 5) is 4.62. The predicted octanol–water partition coefficient (Wildman–Crippen LogP) is 4.76. The molecule has 0 amide bonds. The van der Waals surface area contributed by atoms with Gasteiger partial charge in [0.25, 0.3) is 0 Å². The highest BCUT2D eigenvalue weighted by Crippen LogP contribution is 2.27. The van der Waals surface area contributed by atoms with Crippen LogP contribution >= 0.6 is 11.3 Å². The van der Waals surface area contributed by atoms with Gasteiger partial charge in [-0.05, 0) is 48.5 Å². The van der Waals surface area contributed by atoms with Crippen LogP contribution in [-0.4, -0.2) is 36.5 Å². The van der Waals surface area contributed by atoms with Crippen LogP contribution in [0.25, 0.3) is 28.2 Å². The van der Waals surface area contributed by atoms with Gasteiger partial charge in [0.1, 0.15) is 11.4 Å². The standard InChI is InChI=1S/C26H22N6O3S2/c1-35-22-11-7-19(8-12-22)25-20(16-32(31-25)21-9-13-23(14-10-21)37(27,33)34)15-28-30-26-29-24(17-36-26)18-5-3-2-4-6-18/h2-17H,1H3,(H,29,30)(H2,27,33,34)/b28-15+. The molecule has 3 N–H and O–H groups in total. The van der Waals surface area contributed by atoms with E-state index in [9.17, 15) is 8.42 Å². The van der Waals surface area contributed by atoms with E-state index < -0.39 is 10.0 Å². The van der Waals surface area contributed by atoms with E-state index in [1.165, 1.54) is 23.5 Å². The molecule has 0 bridgehead atoms. The number of methoxy groups -OCH3 is 1. The molecule has 0 aliphatic rings. The molecule has 3 aromatic carbocycles. The number of hydrazone groups is 1. The number of nitrogens with one attached hydrogen (secondary N) is 1. The molecule has 37 heavy (non-hydrogen) atoms. The molecule has 9 nitrogen and oxygen atoms in total. The topological polar surface area (TPSA) is 124 Å². The highest BCUT2D eigenvalue weighted by molar-refractivity contribution is 7.89. The van der Waals surface area contributed by atoms with Crippen LogP contribution in [0.5, 0.6) is 5.75 Å². The number of primary sulfonamides is 1. The first-order valence-electron chi connectivity index (χ1n) is 11.1. The highest BCUT2D eigenvalue weighted by atomic mass is 32.2. The third-order valence-electron chi connectivity index (χ3n) is 5.47. The lowest BCUT2D eigenvalue weighted by atomic mass is 10.1. The Hall–Kier alpha value is -4.32. The van der Waals surface area contributed by atoms with E-state index in [-0.39, 0.29) is 4.90 Å². The van der Waals surface area contributed by atoms with Crippen LogP contribution in [0.1, 0.15) is 5.56 Å². The van der Waals surface area contributed by atoms with Crippen molar-refractivity contribution in [2.24, 2.45) is 10.2 Å². The molecule has 0 saturated carbocycles. The summed E-state index contributed by atoms with van der Waals surface area (Å²) in [6.45, 7) is 0. The number of nitrogens with two attached hydrogens (primary N) is 1. The third kappa shape index (κ3) is 5.59. The summed E-state index contributed by atoms with van der Waals surface area (Å²) in [6, 6.07) is 23.6. The molecule has 2 aromatic heterocycles. The molecule has 0 unspecified atom stereocenters. The fourth-order valence-corrected chi connectivity index (χ4v) is 4.78. The molecule has 5 aromatic rings. The Bertz CT molecular complexity index is 1640. The van der Waals surface area contributed by atoms with Crippen molar-refractivity contribution in [2.45, 2.75) is 4.90 Å². The average Bonchev–Trinajstić information content (AvgIpc) is 3.57. The second kappa shape index (κ2) is 10.3. The summed E-state index contributed by atoms with van der Waals surface area (Å²) in [6.07, 6.45) is 3.49. The maximum atomic E-state index is 11.6. The first-order valence-corrected chi connectivity index (χ1v) is 13.5. The maximum absolute atomic E-state index is 11.6. The number of anilines is 1. The fourth-order valence-electron chi connectivity index (χ4n) is 3.60. The van der Waals surface area contributed by atoms with E-state index in [0.29, 0.717) is 16.5 Å². The van der Waals surface area contributed by atoms with Gasteiger partial charge in [-0.1, -0.05) is 30.3 Å². The van der Waals surface area contributed by atoms with Gasteiger partial charge in [0.2, 0.25) is 15.2 Å². The molecule has 0 aliphatic heterocycles. The average molecular weight is 531 g/mol. The zero-order valence-electron chi connectivity index (χ0n) is 19.6. The van der Waals surface area contributed by atoms with Gasteiger partial charge in [-0.3, -0.25) is 5.43 Å². The van der Waals surface area contributed by atoms with E-state index in [1.807, 2.05) is 66.2 Å². The van der Waals surface area contributed by atoms with Gasteiger partial charge in [-0.15, -0.1) is 11.3 Å². The van der Waals surface area contributed by atoms with Crippen LogP contribution in [0, 0.1) is 0 Å². The lowest BCUT2D eigenvalue weighted by molar-refractivity contribution is 0.415. The SMILES string of the molecule is COc1ccc(-c2nn(-c3ccc(S(N)(=O)=O)cc3)cc2/C=N/Nc2nc(-c3ccccc3)cs2)cc1. The smallest absolute Gasteiger partial charge is 0.238 e. The van der Waals surface area contributed by atoms with Crippen molar-refractivity contribution >= 4 is 32.7 Å². The van der Waals surface area contributed by atoms with Gasteiger partial charge in [-0.25, -0.2) is 23.2 Å². The molecule has 0 spiro atoms. The summed E-state index contributed by atoms with van der Waals surface area (Å²) in [5.74, 6) is 0.733. The molecule has 2 heterocycles.